The minimum atomic E-state index is 0.545. The van der Waals surface area contributed by atoms with Gasteiger partial charge in [0, 0.05) is 49.9 Å². The summed E-state index contributed by atoms with van der Waals surface area (Å²) in [6.45, 7) is 0. The van der Waals surface area contributed by atoms with Crippen molar-refractivity contribution in [2.24, 2.45) is 0 Å². The molecule has 12 aromatic rings. The number of fused-ring (bicyclic) bond motifs is 12. The van der Waals surface area contributed by atoms with Gasteiger partial charge in [-0.1, -0.05) is 140 Å². The summed E-state index contributed by atoms with van der Waals surface area (Å²) < 4.78 is 6.86. The molecule has 57 heavy (non-hydrogen) atoms. The molecule has 0 aliphatic rings. The van der Waals surface area contributed by atoms with Crippen LogP contribution in [0.3, 0.4) is 0 Å². The van der Waals surface area contributed by atoms with Gasteiger partial charge in [-0.2, -0.15) is 9.97 Å². The molecule has 0 spiro atoms. The summed E-state index contributed by atoms with van der Waals surface area (Å²) in [5.74, 6) is 1.75. The molecule has 7 aromatic carbocycles. The number of benzene rings is 7. The second-order valence-corrected chi connectivity index (χ2v) is 15.2. The predicted octanol–water partition coefficient (Wildman–Crippen LogP) is 12.2. The Morgan fingerprint density at radius 3 is 1.68 bits per heavy atom. The number of hydrogen-bond donors (Lipinski definition) is 0. The number of para-hydroxylation sites is 3. The van der Waals surface area contributed by atoms with Crippen molar-refractivity contribution in [2.45, 2.75) is 0 Å². The molecule has 0 amide bonds. The van der Waals surface area contributed by atoms with Crippen molar-refractivity contribution in [3.63, 3.8) is 0 Å². The molecule has 0 fully saturated rings. The van der Waals surface area contributed by atoms with Crippen LogP contribution in [0.4, 0.5) is 0 Å². The number of aromatic nitrogens is 7. The lowest BCUT2D eigenvalue weighted by molar-refractivity contribution is 0.955. The van der Waals surface area contributed by atoms with Crippen LogP contribution >= 0.6 is 11.3 Å². The van der Waals surface area contributed by atoms with Crippen molar-refractivity contribution in [3.05, 3.63) is 176 Å². The van der Waals surface area contributed by atoms with Crippen LogP contribution in [0, 0.1) is 0 Å². The molecule has 7 nitrogen and oxygen atoms in total. The van der Waals surface area contributed by atoms with Crippen molar-refractivity contribution >= 4 is 75.3 Å². The third kappa shape index (κ3) is 4.81. The van der Waals surface area contributed by atoms with E-state index in [9.17, 15) is 0 Å². The van der Waals surface area contributed by atoms with Gasteiger partial charge in [0.1, 0.15) is 6.33 Å². The summed E-state index contributed by atoms with van der Waals surface area (Å²) in [5, 5.41) is 5.59. The van der Waals surface area contributed by atoms with Gasteiger partial charge in [0.15, 0.2) is 11.6 Å². The van der Waals surface area contributed by atoms with Gasteiger partial charge in [0.25, 0.3) is 0 Å². The largest absolute Gasteiger partial charge is 0.308 e. The van der Waals surface area contributed by atoms with Crippen molar-refractivity contribution in [1.29, 1.82) is 0 Å². The molecule has 12 rings (SSSR count). The molecule has 8 heteroatoms. The molecule has 0 N–H and O–H groups in total. The highest BCUT2D eigenvalue weighted by Crippen LogP contribution is 2.50. The Bertz CT molecular complexity index is 3500. The number of hydrogen-bond acceptors (Lipinski definition) is 6. The van der Waals surface area contributed by atoms with Crippen molar-refractivity contribution < 1.29 is 0 Å². The van der Waals surface area contributed by atoms with E-state index in [2.05, 4.69) is 154 Å². The maximum atomic E-state index is 5.37. The molecule has 0 saturated heterocycles. The number of nitrogens with zero attached hydrogens (tertiary/aromatic N) is 7. The fourth-order valence-electron chi connectivity index (χ4n) is 8.48. The van der Waals surface area contributed by atoms with Crippen LogP contribution < -0.4 is 0 Å². The number of rotatable bonds is 5. The Balaban J connectivity index is 1.26. The molecule has 266 valence electrons. The molecule has 0 atom stereocenters. The quantitative estimate of drug-likeness (QED) is 0.175. The van der Waals surface area contributed by atoms with E-state index >= 15 is 0 Å². The monoisotopic (exact) mass is 747 g/mol. The highest BCUT2D eigenvalue weighted by atomic mass is 32.1. The molecule has 5 heterocycles. The topological polar surface area (TPSA) is 74.3 Å². The lowest BCUT2D eigenvalue weighted by Crippen LogP contribution is -2.06. The van der Waals surface area contributed by atoms with Crippen LogP contribution in [0.5, 0.6) is 0 Å². The Morgan fingerprint density at radius 2 is 0.982 bits per heavy atom. The first-order chi connectivity index (χ1) is 28.3. The fraction of sp³-hybridized carbons (Fsp3) is 0. The van der Waals surface area contributed by atoms with Gasteiger partial charge in [0.2, 0.25) is 5.95 Å². The minimum absolute atomic E-state index is 0.545. The summed E-state index contributed by atoms with van der Waals surface area (Å²) in [7, 11) is 0. The van der Waals surface area contributed by atoms with Crippen molar-refractivity contribution in [3.8, 4) is 45.5 Å². The van der Waals surface area contributed by atoms with Crippen LogP contribution in [0.25, 0.3) is 109 Å². The Morgan fingerprint density at radius 1 is 0.439 bits per heavy atom. The number of thiophene rings is 1. The van der Waals surface area contributed by atoms with Crippen LogP contribution in [-0.4, -0.2) is 34.1 Å². The molecule has 0 aliphatic carbocycles. The van der Waals surface area contributed by atoms with Crippen LogP contribution in [0.15, 0.2) is 176 Å². The van der Waals surface area contributed by atoms with Gasteiger partial charge in [-0.15, -0.1) is 11.3 Å². The van der Waals surface area contributed by atoms with E-state index in [4.69, 9.17) is 19.9 Å². The smallest absolute Gasteiger partial charge is 0.238 e. The fourth-order valence-corrected chi connectivity index (χ4v) is 9.65. The zero-order valence-electron chi connectivity index (χ0n) is 30.3. The van der Waals surface area contributed by atoms with Gasteiger partial charge < -0.3 is 4.57 Å². The summed E-state index contributed by atoms with van der Waals surface area (Å²) in [5.41, 5.74) is 10.4. The predicted molar refractivity (Wildman–Crippen MR) is 233 cm³/mol. The Labute approximate surface area is 329 Å². The van der Waals surface area contributed by atoms with E-state index in [0.29, 0.717) is 17.6 Å². The summed E-state index contributed by atoms with van der Waals surface area (Å²) in [4.78, 5) is 25.2. The molecule has 0 aliphatic heterocycles. The third-order valence-electron chi connectivity index (χ3n) is 10.9. The maximum Gasteiger partial charge on any atom is 0.238 e. The first-order valence-electron chi connectivity index (χ1n) is 18.8. The van der Waals surface area contributed by atoms with E-state index in [0.717, 1.165) is 91.9 Å². The van der Waals surface area contributed by atoms with Crippen molar-refractivity contribution in [2.75, 3.05) is 0 Å². The second kappa shape index (κ2) is 12.5. The summed E-state index contributed by atoms with van der Waals surface area (Å²) in [6, 6.07) is 57.0. The van der Waals surface area contributed by atoms with Crippen molar-refractivity contribution in [1.82, 2.24) is 34.1 Å². The van der Waals surface area contributed by atoms with E-state index in [1.807, 2.05) is 30.5 Å². The average molecular weight is 748 g/mol. The molecular weight excluding hydrogens is 719 g/mol. The van der Waals surface area contributed by atoms with E-state index in [-0.39, 0.29) is 0 Å². The van der Waals surface area contributed by atoms with Gasteiger partial charge in [-0.05, 0) is 35.4 Å². The minimum Gasteiger partial charge on any atom is -0.308 e. The lowest BCUT2D eigenvalue weighted by atomic mass is 10.0. The van der Waals surface area contributed by atoms with Gasteiger partial charge in [-0.25, -0.2) is 15.0 Å². The molecule has 0 saturated carbocycles. The molecular formula is C49H29N7S. The normalized spacial score (nSPS) is 11.9. The van der Waals surface area contributed by atoms with Crippen LogP contribution in [-0.2, 0) is 0 Å². The maximum absolute atomic E-state index is 5.37. The van der Waals surface area contributed by atoms with Gasteiger partial charge in [0.05, 0.1) is 37.0 Å². The average Bonchev–Trinajstić information content (AvgIpc) is 3.95. The summed E-state index contributed by atoms with van der Waals surface area (Å²) >= 11 is 1.75. The standard InChI is InChI=1S/C49H29N7S/c1-4-14-30(15-5-1)31-24-26-33(27-25-31)48-52-47(32-16-6-2-7-17-32)53-49(54-48)56-38-23-13-10-20-35(38)40-42-43-39(28-50-29-51-43)57-46(42)45-41(44(40)56)36-21-11-12-22-37(36)55(45)34-18-8-3-9-19-34/h1-29H. The third-order valence-corrected chi connectivity index (χ3v) is 12.0. The highest BCUT2D eigenvalue weighted by Gasteiger charge is 2.28. The van der Waals surface area contributed by atoms with Gasteiger partial charge in [-0.3, -0.25) is 4.57 Å². The molecule has 0 bridgehead atoms. The van der Waals surface area contributed by atoms with Crippen LogP contribution in [0.1, 0.15) is 0 Å². The molecule has 5 aromatic heterocycles. The van der Waals surface area contributed by atoms with E-state index in [1.165, 1.54) is 0 Å². The molecule has 0 unspecified atom stereocenters. The highest BCUT2D eigenvalue weighted by molar-refractivity contribution is 7.26. The zero-order chi connectivity index (χ0) is 37.5. The Kier molecular flexibility index (Phi) is 6.96. The van der Waals surface area contributed by atoms with E-state index < -0.39 is 0 Å². The SMILES string of the molecule is c1ccc(-c2ccc(-c3nc(-c4ccccc4)nc(-n4c5ccccc5c5c6c7ncncc7sc6c6c(c7ccccc7n6-c6ccccc6)c54)n3)cc2)cc1. The van der Waals surface area contributed by atoms with Gasteiger partial charge >= 0.3 is 0 Å². The first-order valence-corrected chi connectivity index (χ1v) is 19.7. The lowest BCUT2D eigenvalue weighted by Gasteiger charge is -2.12. The second-order valence-electron chi connectivity index (χ2n) is 14.1. The van der Waals surface area contributed by atoms with Crippen LogP contribution in [0.2, 0.25) is 0 Å². The summed E-state index contributed by atoms with van der Waals surface area (Å²) in [6.07, 6.45) is 3.59. The Hall–Kier alpha value is -7.55. The zero-order valence-corrected chi connectivity index (χ0v) is 31.1. The first kappa shape index (κ1) is 31.8. The van der Waals surface area contributed by atoms with E-state index in [1.54, 1.807) is 17.7 Å². The molecule has 0 radical (unpaired) electrons.